The highest BCUT2D eigenvalue weighted by Crippen LogP contribution is 2.64. The van der Waals surface area contributed by atoms with Gasteiger partial charge < -0.3 is 10.6 Å². The second kappa shape index (κ2) is 14.7. The molecule has 8 rings (SSSR count). The topological polar surface area (TPSA) is 136 Å². The number of hydrogen-bond acceptors (Lipinski definition) is 7. The third-order valence-electron chi connectivity index (χ3n) is 10.6. The molecular weight excluding hydrogens is 829 g/mol. The molecule has 1 saturated carbocycles. The number of hydrogen-bond donors (Lipinski definition) is 3. The molecule has 1 unspecified atom stereocenters. The van der Waals surface area contributed by atoms with Gasteiger partial charge in [-0.15, -0.1) is 0 Å². The molecule has 0 radical (unpaired) electrons. The molecule has 11 nitrogen and oxygen atoms in total. The number of amides is 1. The fourth-order valence-electron chi connectivity index (χ4n) is 8.02. The minimum Gasteiger partial charge on any atom is -0.323 e. The van der Waals surface area contributed by atoms with Crippen molar-refractivity contribution in [2.45, 2.75) is 43.8 Å². The number of aromatic nitrogens is 5. The van der Waals surface area contributed by atoms with Crippen LogP contribution in [0.4, 0.5) is 36.6 Å². The number of pyridine rings is 1. The minimum absolute atomic E-state index is 0.00169. The number of nitrogens with one attached hydrogen (secondary N) is 3. The van der Waals surface area contributed by atoms with E-state index in [0.29, 0.717) is 22.9 Å². The van der Waals surface area contributed by atoms with E-state index in [1.54, 1.807) is 18.2 Å². The van der Waals surface area contributed by atoms with Gasteiger partial charge in [-0.25, -0.2) is 22.2 Å². The van der Waals surface area contributed by atoms with Crippen LogP contribution in [0.3, 0.4) is 0 Å². The van der Waals surface area contributed by atoms with Gasteiger partial charge in [0.15, 0.2) is 11.5 Å². The Balaban J connectivity index is 1.30. The average molecular weight is 861 g/mol. The average Bonchev–Trinajstić information content (AvgIpc) is 3.86. The molecule has 1 aliphatic heterocycles. The van der Waals surface area contributed by atoms with Crippen LogP contribution in [0.5, 0.6) is 0 Å². The summed E-state index contributed by atoms with van der Waals surface area (Å²) in [4.78, 5) is 18.8. The highest BCUT2D eigenvalue weighted by molar-refractivity contribution is 7.92. The van der Waals surface area contributed by atoms with Gasteiger partial charge in [0.1, 0.15) is 29.6 Å². The van der Waals surface area contributed by atoms with E-state index in [9.17, 15) is 35.2 Å². The lowest BCUT2D eigenvalue weighted by Crippen LogP contribution is -2.34. The molecule has 2 aliphatic carbocycles. The first-order chi connectivity index (χ1) is 27.8. The molecule has 5 aromatic rings. The SMILES string of the molecule is Cn1nc(NS(C)(=O)=O)c2c(Cl)ccc(-c3ccc(C#CC4CCNC4)nc3/C(=C/c3cc(F)cc(F)c3)NC(=O)Cn3nc(C(F)(F)F)c4c3C(F)(F)[C@@H]3CC[C@H]43)c21. The lowest BCUT2D eigenvalue weighted by atomic mass is 9.73. The summed E-state index contributed by atoms with van der Waals surface area (Å²) in [6.07, 6.45) is -2.12. The maximum absolute atomic E-state index is 15.7. The largest absolute Gasteiger partial charge is 0.435 e. The van der Waals surface area contributed by atoms with Crippen molar-refractivity contribution in [2.24, 2.45) is 18.9 Å². The minimum atomic E-state index is -5.08. The molecule has 3 N–H and O–H groups in total. The van der Waals surface area contributed by atoms with Gasteiger partial charge in [-0.1, -0.05) is 23.6 Å². The monoisotopic (exact) mass is 860 g/mol. The molecule has 2 aromatic carbocycles. The lowest BCUT2D eigenvalue weighted by molar-refractivity contribution is -0.143. The number of aryl methyl sites for hydroxylation is 1. The van der Waals surface area contributed by atoms with Crippen molar-refractivity contribution in [3.05, 3.63) is 93.0 Å². The number of rotatable bonds is 8. The van der Waals surface area contributed by atoms with Gasteiger partial charge in [-0.2, -0.15) is 32.1 Å². The number of carbonyl (C=O) groups is 1. The quantitative estimate of drug-likeness (QED) is 0.113. The molecule has 308 valence electrons. The number of halogens is 8. The van der Waals surface area contributed by atoms with Crippen LogP contribution in [0.25, 0.3) is 33.8 Å². The van der Waals surface area contributed by atoms with E-state index in [2.05, 4.69) is 37.4 Å². The maximum Gasteiger partial charge on any atom is 0.435 e. The van der Waals surface area contributed by atoms with Gasteiger partial charge in [0.2, 0.25) is 15.9 Å². The van der Waals surface area contributed by atoms with E-state index < -0.39 is 75.0 Å². The Bertz CT molecular complexity index is 2750. The van der Waals surface area contributed by atoms with Crippen LogP contribution in [0.2, 0.25) is 5.02 Å². The highest BCUT2D eigenvalue weighted by atomic mass is 35.5. The maximum atomic E-state index is 15.7. The van der Waals surface area contributed by atoms with Crippen LogP contribution in [0, 0.1) is 35.3 Å². The van der Waals surface area contributed by atoms with E-state index in [1.165, 1.54) is 17.8 Å². The third-order valence-corrected chi connectivity index (χ3v) is 11.5. The van der Waals surface area contributed by atoms with E-state index in [1.807, 2.05) is 0 Å². The summed E-state index contributed by atoms with van der Waals surface area (Å²) in [5.41, 5.74) is -2.54. The normalized spacial score (nSPS) is 19.8. The Hall–Kier alpha value is -5.45. The standard InChI is InChI=1S/C39H32ClF7N8O3S/c1-54-34-25(8-10-28(40)32(34)37(52-54)53-59(2,57)58)24-6-5-23(4-3-19-11-12-48-17-19)49-33(24)29(15-20-13-21(41)16-22(42)14-20)50-30(56)18-55-36-31(35(51-55)39(45,46)47)26-7-9-27(26)38(36,43)44/h5-6,8,10,13-16,19,26-27,48H,7,9,11-12,17-18H2,1-2H3,(H,50,56)(H,52,53)/b29-15-/t19?,26-,27+/m0/s1. The third kappa shape index (κ3) is 7.64. The Morgan fingerprint density at radius 2 is 1.80 bits per heavy atom. The van der Waals surface area contributed by atoms with Crippen LogP contribution < -0.4 is 15.4 Å². The first-order valence-corrected chi connectivity index (χ1v) is 20.5. The van der Waals surface area contributed by atoms with Gasteiger partial charge in [0.25, 0.3) is 5.92 Å². The summed E-state index contributed by atoms with van der Waals surface area (Å²) in [6.45, 7) is 0.287. The summed E-state index contributed by atoms with van der Waals surface area (Å²) in [7, 11) is -2.32. The smallest absolute Gasteiger partial charge is 0.323 e. The number of anilines is 1. The van der Waals surface area contributed by atoms with Crippen LogP contribution >= 0.6 is 11.6 Å². The Labute approximate surface area is 337 Å². The zero-order valence-electron chi connectivity index (χ0n) is 31.0. The van der Waals surface area contributed by atoms with Gasteiger partial charge in [-0.05, 0) is 79.6 Å². The van der Waals surface area contributed by atoms with Gasteiger partial charge in [-0.3, -0.25) is 18.9 Å². The van der Waals surface area contributed by atoms with Crippen molar-refractivity contribution in [3.63, 3.8) is 0 Å². The predicted molar refractivity (Wildman–Crippen MR) is 204 cm³/mol. The molecule has 3 aromatic heterocycles. The van der Waals surface area contributed by atoms with E-state index in [0.717, 1.165) is 37.4 Å². The molecule has 3 atom stereocenters. The summed E-state index contributed by atoms with van der Waals surface area (Å²) in [6, 6.07) is 8.70. The Morgan fingerprint density at radius 1 is 1.07 bits per heavy atom. The summed E-state index contributed by atoms with van der Waals surface area (Å²) in [5.74, 6) is -3.18. The van der Waals surface area contributed by atoms with Gasteiger partial charge >= 0.3 is 6.18 Å². The molecule has 59 heavy (non-hydrogen) atoms. The second-order valence-corrected chi connectivity index (χ2v) is 16.9. The zero-order valence-corrected chi connectivity index (χ0v) is 32.6. The fraction of sp³-hybridized carbons (Fsp3) is 0.333. The van der Waals surface area contributed by atoms with Gasteiger partial charge in [0.05, 0.1) is 33.6 Å². The van der Waals surface area contributed by atoms with Crippen molar-refractivity contribution in [1.82, 2.24) is 35.2 Å². The van der Waals surface area contributed by atoms with Crippen molar-refractivity contribution < 1.29 is 43.9 Å². The molecule has 1 saturated heterocycles. The molecule has 2 fully saturated rings. The molecule has 20 heteroatoms. The Morgan fingerprint density at radius 3 is 2.44 bits per heavy atom. The molecular formula is C39H32ClF7N8O3S. The van der Waals surface area contributed by atoms with Crippen molar-refractivity contribution >= 4 is 56.0 Å². The number of carbonyl (C=O) groups excluding carboxylic acids is 1. The number of benzene rings is 2. The van der Waals surface area contributed by atoms with E-state index in [-0.39, 0.29) is 68.7 Å². The van der Waals surface area contributed by atoms with Crippen LogP contribution in [-0.4, -0.2) is 58.2 Å². The summed E-state index contributed by atoms with van der Waals surface area (Å²) in [5, 5.41) is 13.9. The van der Waals surface area contributed by atoms with Crippen LogP contribution in [0.15, 0.2) is 42.5 Å². The first kappa shape index (κ1) is 40.3. The predicted octanol–water partition coefficient (Wildman–Crippen LogP) is 7.03. The second-order valence-electron chi connectivity index (χ2n) is 14.7. The van der Waals surface area contributed by atoms with Gasteiger partial charge in [0, 0.05) is 48.2 Å². The number of alkyl halides is 5. The lowest BCUT2D eigenvalue weighted by Gasteiger charge is -2.34. The van der Waals surface area contributed by atoms with E-state index >= 15 is 8.78 Å². The fourth-order valence-corrected chi connectivity index (χ4v) is 8.76. The number of nitrogens with zero attached hydrogens (tertiary/aromatic N) is 5. The molecule has 0 spiro atoms. The number of sulfonamides is 1. The van der Waals surface area contributed by atoms with E-state index in [4.69, 9.17) is 16.6 Å². The first-order valence-electron chi connectivity index (χ1n) is 18.2. The zero-order chi connectivity index (χ0) is 42.2. The summed E-state index contributed by atoms with van der Waals surface area (Å²) < 4.78 is 132. The molecule has 3 aliphatic rings. The molecule has 1 amide bonds. The van der Waals surface area contributed by atoms with Crippen LogP contribution in [0.1, 0.15) is 59.1 Å². The summed E-state index contributed by atoms with van der Waals surface area (Å²) >= 11 is 6.59. The molecule has 0 bridgehead atoms. The van der Waals surface area contributed by atoms with Crippen molar-refractivity contribution in [3.8, 4) is 23.0 Å². The Kier molecular flexibility index (Phi) is 10.0. The highest BCUT2D eigenvalue weighted by Gasteiger charge is 2.63. The molecule has 4 heterocycles. The number of fused-ring (bicyclic) bond motifs is 4. The van der Waals surface area contributed by atoms with Crippen LogP contribution in [-0.2, 0) is 40.5 Å². The van der Waals surface area contributed by atoms with Crippen molar-refractivity contribution in [2.75, 3.05) is 24.1 Å². The van der Waals surface area contributed by atoms with Crippen molar-refractivity contribution in [1.29, 1.82) is 0 Å².